The molecular formula is C26H32. The Morgan fingerprint density at radius 2 is 1.81 bits per heavy atom. The van der Waals surface area contributed by atoms with Crippen LogP contribution in [-0.4, -0.2) is 0 Å². The van der Waals surface area contributed by atoms with E-state index in [0.717, 1.165) is 5.92 Å². The first-order valence-electron chi connectivity index (χ1n) is 10.6. The highest BCUT2D eigenvalue weighted by Gasteiger charge is 2.31. The van der Waals surface area contributed by atoms with E-state index in [1.165, 1.54) is 71.9 Å². The minimum absolute atomic E-state index is 0.694. The van der Waals surface area contributed by atoms with Crippen LogP contribution in [0.2, 0.25) is 0 Å². The molecule has 0 saturated carbocycles. The molecule has 2 aromatic carbocycles. The van der Waals surface area contributed by atoms with Crippen LogP contribution in [0, 0.1) is 25.7 Å². The molecule has 0 heteroatoms. The van der Waals surface area contributed by atoms with Gasteiger partial charge in [0, 0.05) is 0 Å². The van der Waals surface area contributed by atoms with Crippen molar-refractivity contribution in [2.75, 3.05) is 0 Å². The largest absolute Gasteiger partial charge is 0.0725 e. The molecule has 2 aliphatic rings. The lowest BCUT2D eigenvalue weighted by molar-refractivity contribution is 0.369. The van der Waals surface area contributed by atoms with E-state index in [4.69, 9.17) is 0 Å². The molecule has 2 atom stereocenters. The molecule has 0 aliphatic heterocycles. The van der Waals surface area contributed by atoms with Crippen molar-refractivity contribution in [3.05, 3.63) is 64.2 Å². The number of rotatable bonds is 6. The van der Waals surface area contributed by atoms with E-state index < -0.39 is 0 Å². The van der Waals surface area contributed by atoms with Crippen LogP contribution < -0.4 is 0 Å². The maximum Gasteiger partial charge on any atom is -0.00671 e. The Morgan fingerprint density at radius 3 is 2.58 bits per heavy atom. The van der Waals surface area contributed by atoms with Crippen LogP contribution in [0.4, 0.5) is 0 Å². The lowest BCUT2D eigenvalue weighted by atomic mass is 9.77. The Balaban J connectivity index is 1.74. The van der Waals surface area contributed by atoms with E-state index in [9.17, 15) is 0 Å². The fourth-order valence-corrected chi connectivity index (χ4v) is 5.09. The lowest BCUT2D eigenvalue weighted by Crippen LogP contribution is -2.15. The molecule has 0 saturated heterocycles. The third-order valence-corrected chi connectivity index (χ3v) is 6.62. The zero-order valence-corrected chi connectivity index (χ0v) is 16.9. The van der Waals surface area contributed by atoms with E-state index in [-0.39, 0.29) is 0 Å². The van der Waals surface area contributed by atoms with Crippen molar-refractivity contribution in [1.29, 1.82) is 0 Å². The summed E-state index contributed by atoms with van der Waals surface area (Å²) < 4.78 is 0. The summed E-state index contributed by atoms with van der Waals surface area (Å²) in [5, 5.41) is 0. The summed E-state index contributed by atoms with van der Waals surface area (Å²) in [7, 11) is 0. The SMILES string of the molecule is CCCCC(CC)CC1C=C2c3cc(C)ccc3-c3ccc(C)c(c32)C1. The third kappa shape index (κ3) is 2.94. The number of unbranched alkanes of at least 4 members (excludes halogenated alkanes) is 1. The summed E-state index contributed by atoms with van der Waals surface area (Å²) in [6.45, 7) is 9.21. The highest BCUT2D eigenvalue weighted by Crippen LogP contribution is 2.50. The van der Waals surface area contributed by atoms with Crippen LogP contribution >= 0.6 is 0 Å². The van der Waals surface area contributed by atoms with Gasteiger partial charge in [0.2, 0.25) is 0 Å². The maximum atomic E-state index is 2.63. The summed E-state index contributed by atoms with van der Waals surface area (Å²) in [4.78, 5) is 0. The van der Waals surface area contributed by atoms with E-state index in [1.807, 2.05) is 0 Å². The topological polar surface area (TPSA) is 0 Å². The fourth-order valence-electron chi connectivity index (χ4n) is 5.09. The monoisotopic (exact) mass is 344 g/mol. The summed E-state index contributed by atoms with van der Waals surface area (Å²) in [6, 6.07) is 11.7. The van der Waals surface area contributed by atoms with Crippen molar-refractivity contribution >= 4 is 5.57 Å². The van der Waals surface area contributed by atoms with Gasteiger partial charge in [0.25, 0.3) is 0 Å². The van der Waals surface area contributed by atoms with Crippen molar-refractivity contribution in [2.45, 2.75) is 66.2 Å². The van der Waals surface area contributed by atoms with Crippen LogP contribution in [-0.2, 0) is 6.42 Å². The number of fused-ring (bicyclic) bond motifs is 3. The first kappa shape index (κ1) is 17.6. The molecule has 0 spiro atoms. The Morgan fingerprint density at radius 1 is 1.00 bits per heavy atom. The standard InChI is InChI=1S/C26H32/c1-5-7-8-19(6-2)14-20-15-23-18(4)10-12-22-21-11-9-17(3)13-24(21)25(16-20)26(22)23/h9-13,16,19-20H,5-8,14-15H2,1-4H3. The van der Waals surface area contributed by atoms with Gasteiger partial charge in [0.15, 0.2) is 0 Å². The van der Waals surface area contributed by atoms with Gasteiger partial charge in [-0.1, -0.05) is 81.5 Å². The molecule has 136 valence electrons. The second-order valence-corrected chi connectivity index (χ2v) is 8.53. The summed E-state index contributed by atoms with van der Waals surface area (Å²) >= 11 is 0. The van der Waals surface area contributed by atoms with E-state index in [2.05, 4.69) is 64.1 Å². The second kappa shape index (κ2) is 7.06. The fraction of sp³-hybridized carbons (Fsp3) is 0.462. The number of hydrogen-bond acceptors (Lipinski definition) is 0. The number of hydrogen-bond donors (Lipinski definition) is 0. The van der Waals surface area contributed by atoms with Crippen molar-refractivity contribution in [2.24, 2.45) is 11.8 Å². The molecule has 0 heterocycles. The van der Waals surface area contributed by atoms with Gasteiger partial charge in [-0.25, -0.2) is 0 Å². The highest BCUT2D eigenvalue weighted by atomic mass is 14.4. The molecule has 0 nitrogen and oxygen atoms in total. The second-order valence-electron chi connectivity index (χ2n) is 8.53. The molecule has 2 aromatic rings. The Labute approximate surface area is 159 Å². The van der Waals surface area contributed by atoms with Gasteiger partial charge < -0.3 is 0 Å². The minimum Gasteiger partial charge on any atom is -0.0725 e. The molecule has 0 N–H and O–H groups in total. The zero-order valence-electron chi connectivity index (χ0n) is 16.9. The predicted octanol–water partition coefficient (Wildman–Crippen LogP) is 7.49. The number of aryl methyl sites for hydroxylation is 2. The maximum absolute atomic E-state index is 2.63. The third-order valence-electron chi connectivity index (χ3n) is 6.62. The lowest BCUT2D eigenvalue weighted by Gasteiger charge is -2.27. The quantitative estimate of drug-likeness (QED) is 0.434. The smallest absolute Gasteiger partial charge is 0.00671 e. The van der Waals surface area contributed by atoms with Gasteiger partial charge in [-0.05, 0) is 77.5 Å². The van der Waals surface area contributed by atoms with E-state index in [1.54, 1.807) is 11.1 Å². The number of benzene rings is 2. The predicted molar refractivity (Wildman–Crippen MR) is 114 cm³/mol. The van der Waals surface area contributed by atoms with Crippen molar-refractivity contribution < 1.29 is 0 Å². The molecule has 0 amide bonds. The Kier molecular flexibility index (Phi) is 4.78. The van der Waals surface area contributed by atoms with Gasteiger partial charge in [0.05, 0.1) is 0 Å². The van der Waals surface area contributed by atoms with Crippen molar-refractivity contribution in [3.63, 3.8) is 0 Å². The molecular weight excluding hydrogens is 312 g/mol. The first-order chi connectivity index (χ1) is 12.6. The summed E-state index contributed by atoms with van der Waals surface area (Å²) in [6.07, 6.45) is 10.6. The van der Waals surface area contributed by atoms with Gasteiger partial charge in [-0.3, -0.25) is 0 Å². The van der Waals surface area contributed by atoms with Gasteiger partial charge in [0.1, 0.15) is 0 Å². The van der Waals surface area contributed by atoms with Crippen molar-refractivity contribution in [1.82, 2.24) is 0 Å². The molecule has 0 radical (unpaired) electrons. The van der Waals surface area contributed by atoms with Gasteiger partial charge >= 0.3 is 0 Å². The molecule has 0 aromatic heterocycles. The van der Waals surface area contributed by atoms with Crippen molar-refractivity contribution in [3.8, 4) is 11.1 Å². The molecule has 4 rings (SSSR count). The van der Waals surface area contributed by atoms with Gasteiger partial charge in [-0.15, -0.1) is 0 Å². The molecule has 0 bridgehead atoms. The highest BCUT2D eigenvalue weighted by molar-refractivity contribution is 6.03. The zero-order chi connectivity index (χ0) is 18.3. The molecule has 0 fully saturated rings. The summed E-state index contributed by atoms with van der Waals surface area (Å²) in [5.74, 6) is 1.57. The van der Waals surface area contributed by atoms with E-state index >= 15 is 0 Å². The normalized spacial score (nSPS) is 18.3. The minimum atomic E-state index is 0.694. The Bertz CT molecular complexity index is 853. The molecule has 2 unspecified atom stereocenters. The molecule has 26 heavy (non-hydrogen) atoms. The average Bonchev–Trinajstić information content (AvgIpc) is 2.95. The van der Waals surface area contributed by atoms with Gasteiger partial charge in [-0.2, -0.15) is 0 Å². The van der Waals surface area contributed by atoms with Crippen LogP contribution in [0.5, 0.6) is 0 Å². The Hall–Kier alpha value is -1.82. The van der Waals surface area contributed by atoms with Crippen LogP contribution in [0.25, 0.3) is 16.7 Å². The van der Waals surface area contributed by atoms with Crippen LogP contribution in [0.15, 0.2) is 36.4 Å². The summed E-state index contributed by atoms with van der Waals surface area (Å²) in [5.41, 5.74) is 11.9. The van der Waals surface area contributed by atoms with E-state index in [0.29, 0.717) is 5.92 Å². The average molecular weight is 345 g/mol. The first-order valence-corrected chi connectivity index (χ1v) is 10.6. The number of allylic oxidation sites excluding steroid dienone is 1. The van der Waals surface area contributed by atoms with Crippen LogP contribution in [0.3, 0.4) is 0 Å². The molecule has 2 aliphatic carbocycles. The van der Waals surface area contributed by atoms with Crippen LogP contribution in [0.1, 0.15) is 73.8 Å².